The summed E-state index contributed by atoms with van der Waals surface area (Å²) in [6.07, 6.45) is -4.37. The molecule has 2 rings (SSSR count). The van der Waals surface area contributed by atoms with Crippen molar-refractivity contribution in [3.05, 3.63) is 47.0 Å². The van der Waals surface area contributed by atoms with Gasteiger partial charge >= 0.3 is 6.18 Å². The van der Waals surface area contributed by atoms with Gasteiger partial charge < -0.3 is 4.90 Å². The highest BCUT2D eigenvalue weighted by Gasteiger charge is 2.34. The molecule has 0 saturated carbocycles. The molecule has 5 heteroatoms. The van der Waals surface area contributed by atoms with Gasteiger partial charge in [-0.3, -0.25) is 0 Å². The summed E-state index contributed by atoms with van der Waals surface area (Å²) in [5, 5.41) is 0.743. The summed E-state index contributed by atoms with van der Waals surface area (Å²) in [5.41, 5.74) is 0.308. The Kier molecular flexibility index (Phi) is 4.23. The van der Waals surface area contributed by atoms with E-state index < -0.39 is 11.7 Å². The number of rotatable bonds is 2. The van der Waals surface area contributed by atoms with Gasteiger partial charge in [0.2, 0.25) is 0 Å². The van der Waals surface area contributed by atoms with Crippen molar-refractivity contribution in [1.82, 2.24) is 4.90 Å². The first-order valence-electron chi connectivity index (χ1n) is 6.62. The number of nitrogens with zero attached hydrogens (tertiary/aromatic N) is 1. The van der Waals surface area contributed by atoms with Crippen LogP contribution in [0.15, 0.2) is 30.3 Å². The first-order valence-corrected chi connectivity index (χ1v) is 7.03. The van der Waals surface area contributed by atoms with E-state index in [9.17, 15) is 13.2 Å². The topological polar surface area (TPSA) is 3.24 Å². The molecule has 0 atom stereocenters. The van der Waals surface area contributed by atoms with Gasteiger partial charge in [-0.15, -0.1) is 0 Å². The average molecular weight is 311 g/mol. The zero-order valence-corrected chi connectivity index (χ0v) is 12.9. The lowest BCUT2D eigenvalue weighted by Gasteiger charge is -2.21. The number of thiocarbonyl (C=S) groups is 1. The molecule has 0 heterocycles. The third kappa shape index (κ3) is 2.88. The average Bonchev–Trinajstić information content (AvgIpc) is 2.43. The van der Waals surface area contributed by atoms with Crippen molar-refractivity contribution in [2.45, 2.75) is 20.0 Å². The summed E-state index contributed by atoms with van der Waals surface area (Å²) in [6, 6.07) is 8.12. The van der Waals surface area contributed by atoms with E-state index in [-0.39, 0.29) is 10.9 Å². The molecule has 1 nitrogen and oxygen atoms in total. The van der Waals surface area contributed by atoms with Gasteiger partial charge in [0.1, 0.15) is 4.99 Å². The van der Waals surface area contributed by atoms with Gasteiger partial charge in [0.15, 0.2) is 0 Å². The first-order chi connectivity index (χ1) is 9.77. The molecule has 2 aromatic carbocycles. The van der Waals surface area contributed by atoms with E-state index in [2.05, 4.69) is 0 Å². The number of alkyl halides is 3. The summed E-state index contributed by atoms with van der Waals surface area (Å²) in [5.74, 6) is 0. The molecule has 0 aliphatic heterocycles. The van der Waals surface area contributed by atoms with Gasteiger partial charge in [-0.2, -0.15) is 13.2 Å². The second kappa shape index (κ2) is 5.64. The van der Waals surface area contributed by atoms with Gasteiger partial charge in [0, 0.05) is 19.2 Å². The highest BCUT2D eigenvalue weighted by atomic mass is 32.1. The minimum Gasteiger partial charge on any atom is -0.366 e. The predicted octanol–water partition coefficient (Wildman–Crippen LogP) is 4.79. The Labute approximate surface area is 127 Å². The third-order valence-corrected chi connectivity index (χ3v) is 4.14. The van der Waals surface area contributed by atoms with Gasteiger partial charge in [-0.25, -0.2) is 0 Å². The molecule has 0 radical (unpaired) electrons. The van der Waals surface area contributed by atoms with Crippen LogP contribution in [0.5, 0.6) is 0 Å². The molecule has 0 amide bonds. The predicted molar refractivity (Wildman–Crippen MR) is 83.7 cm³/mol. The van der Waals surface area contributed by atoms with Crippen molar-refractivity contribution >= 4 is 28.0 Å². The van der Waals surface area contributed by atoms with Gasteiger partial charge in [0.25, 0.3) is 0 Å². The SMILES string of the molecule is CCN(C)C(=S)c1cccc2c(C(F)(F)F)c(C)ccc12. The van der Waals surface area contributed by atoms with Gasteiger partial charge in [0.05, 0.1) is 5.56 Å². The summed E-state index contributed by atoms with van der Waals surface area (Å²) in [4.78, 5) is 2.40. The Morgan fingerprint density at radius 3 is 2.38 bits per heavy atom. The van der Waals surface area contributed by atoms with Crippen molar-refractivity contribution in [3.8, 4) is 0 Å². The Bertz CT molecular complexity index is 692. The maximum atomic E-state index is 13.3. The highest BCUT2D eigenvalue weighted by Crippen LogP contribution is 2.38. The summed E-state index contributed by atoms with van der Waals surface area (Å²) in [6.45, 7) is 4.13. The van der Waals surface area contributed by atoms with E-state index >= 15 is 0 Å². The fourth-order valence-corrected chi connectivity index (χ4v) is 2.69. The Morgan fingerprint density at radius 2 is 1.81 bits per heavy atom. The van der Waals surface area contributed by atoms with E-state index in [1.165, 1.54) is 19.1 Å². The molecule has 0 aromatic heterocycles. The number of fused-ring (bicyclic) bond motifs is 1. The number of hydrogen-bond donors (Lipinski definition) is 0. The van der Waals surface area contributed by atoms with Crippen molar-refractivity contribution in [1.29, 1.82) is 0 Å². The van der Waals surface area contributed by atoms with E-state index in [4.69, 9.17) is 12.2 Å². The Hall–Kier alpha value is -1.62. The second-order valence-electron chi connectivity index (χ2n) is 4.98. The molecule has 0 bridgehead atoms. The normalized spacial score (nSPS) is 11.7. The number of benzene rings is 2. The van der Waals surface area contributed by atoms with Gasteiger partial charge in [-0.05, 0) is 30.2 Å². The Morgan fingerprint density at radius 1 is 1.14 bits per heavy atom. The summed E-state index contributed by atoms with van der Waals surface area (Å²) in [7, 11) is 1.83. The lowest BCUT2D eigenvalue weighted by Crippen LogP contribution is -2.25. The van der Waals surface area contributed by atoms with Crippen molar-refractivity contribution in [3.63, 3.8) is 0 Å². The molecule has 0 unspecified atom stereocenters. The van der Waals surface area contributed by atoms with Crippen molar-refractivity contribution in [2.75, 3.05) is 13.6 Å². The molecule has 0 aliphatic carbocycles. The zero-order chi connectivity index (χ0) is 15.8. The Balaban J connectivity index is 2.76. The molecule has 0 fully saturated rings. The molecule has 0 aliphatic rings. The van der Waals surface area contributed by atoms with E-state index in [1.54, 1.807) is 18.2 Å². The summed E-state index contributed by atoms with van der Waals surface area (Å²) < 4.78 is 39.9. The lowest BCUT2D eigenvalue weighted by atomic mass is 9.96. The standard InChI is InChI=1S/C16H16F3NS/c1-4-20(3)15(21)13-7-5-6-12-11(13)9-8-10(2)14(12)16(17,18)19/h5-9H,4H2,1-3H3. The maximum Gasteiger partial charge on any atom is 0.417 e. The molecular formula is C16H16F3NS. The van der Waals surface area contributed by atoms with Crippen molar-refractivity contribution < 1.29 is 13.2 Å². The monoisotopic (exact) mass is 311 g/mol. The van der Waals surface area contributed by atoms with Crippen LogP contribution in [0.3, 0.4) is 0 Å². The van der Waals surface area contributed by atoms with Crippen LogP contribution < -0.4 is 0 Å². The minimum atomic E-state index is -4.37. The molecule has 0 spiro atoms. The smallest absolute Gasteiger partial charge is 0.366 e. The number of aryl methyl sites for hydroxylation is 1. The number of halogens is 3. The third-order valence-electron chi connectivity index (χ3n) is 3.60. The van der Waals surface area contributed by atoms with Crippen LogP contribution in [-0.2, 0) is 6.18 Å². The quantitative estimate of drug-likeness (QED) is 0.733. The molecule has 0 saturated heterocycles. The molecule has 112 valence electrons. The fourth-order valence-electron chi connectivity index (χ4n) is 2.38. The van der Waals surface area contributed by atoms with E-state index in [0.717, 1.165) is 0 Å². The lowest BCUT2D eigenvalue weighted by molar-refractivity contribution is -0.136. The van der Waals surface area contributed by atoms with Crippen LogP contribution in [0.4, 0.5) is 13.2 Å². The van der Waals surface area contributed by atoms with E-state index in [1.807, 2.05) is 18.9 Å². The highest BCUT2D eigenvalue weighted by molar-refractivity contribution is 7.80. The molecular weight excluding hydrogens is 295 g/mol. The van der Waals surface area contributed by atoms with Crippen LogP contribution in [-0.4, -0.2) is 23.5 Å². The van der Waals surface area contributed by atoms with Crippen molar-refractivity contribution in [2.24, 2.45) is 0 Å². The second-order valence-corrected chi connectivity index (χ2v) is 5.36. The fraction of sp³-hybridized carbons (Fsp3) is 0.312. The van der Waals surface area contributed by atoms with Crippen LogP contribution in [0.2, 0.25) is 0 Å². The number of hydrogen-bond acceptors (Lipinski definition) is 1. The maximum absolute atomic E-state index is 13.3. The van der Waals surface area contributed by atoms with Crippen LogP contribution in [0.1, 0.15) is 23.6 Å². The molecule has 0 N–H and O–H groups in total. The minimum absolute atomic E-state index is 0.201. The molecule has 2 aromatic rings. The van der Waals surface area contributed by atoms with Crippen LogP contribution in [0.25, 0.3) is 10.8 Å². The van der Waals surface area contributed by atoms with E-state index in [0.29, 0.717) is 22.5 Å². The zero-order valence-electron chi connectivity index (χ0n) is 12.1. The molecule has 21 heavy (non-hydrogen) atoms. The van der Waals surface area contributed by atoms with Crippen LogP contribution >= 0.6 is 12.2 Å². The van der Waals surface area contributed by atoms with Crippen LogP contribution in [0, 0.1) is 6.92 Å². The summed E-state index contributed by atoms with van der Waals surface area (Å²) >= 11 is 5.38. The first kappa shape index (κ1) is 15.8. The van der Waals surface area contributed by atoms with Gasteiger partial charge in [-0.1, -0.05) is 42.5 Å². The largest absolute Gasteiger partial charge is 0.417 e.